The summed E-state index contributed by atoms with van der Waals surface area (Å²) in [5.74, 6) is 0.534. The first-order chi connectivity index (χ1) is 11.8. The predicted octanol–water partition coefficient (Wildman–Crippen LogP) is 3.81. The Morgan fingerprint density at radius 1 is 1.33 bits per heavy atom. The van der Waals surface area contributed by atoms with Crippen LogP contribution in [0.1, 0.15) is 32.1 Å². The molecule has 0 saturated carbocycles. The molecule has 24 heavy (non-hydrogen) atoms. The van der Waals surface area contributed by atoms with Gasteiger partial charge in [0.1, 0.15) is 6.26 Å². The number of nitrogens with one attached hydrogen (secondary N) is 2. The first kappa shape index (κ1) is 16.5. The van der Waals surface area contributed by atoms with Crippen LogP contribution in [-0.2, 0) is 4.74 Å². The number of carbonyl (C=O) groups is 1. The van der Waals surface area contributed by atoms with Crippen LogP contribution in [0.15, 0.2) is 41.1 Å². The molecular formula is C18H23N3O3. The van der Waals surface area contributed by atoms with Crippen molar-refractivity contribution in [1.82, 2.24) is 10.3 Å². The lowest BCUT2D eigenvalue weighted by Gasteiger charge is -2.22. The lowest BCUT2D eigenvalue weighted by atomic mass is 10.0. The van der Waals surface area contributed by atoms with Crippen LogP contribution in [0, 0.1) is 0 Å². The van der Waals surface area contributed by atoms with Crippen molar-refractivity contribution >= 4 is 11.7 Å². The van der Waals surface area contributed by atoms with Gasteiger partial charge in [0.2, 0.25) is 5.89 Å². The van der Waals surface area contributed by atoms with E-state index in [9.17, 15) is 4.79 Å². The lowest BCUT2D eigenvalue weighted by molar-refractivity contribution is 0.0103. The van der Waals surface area contributed by atoms with Gasteiger partial charge >= 0.3 is 6.03 Å². The van der Waals surface area contributed by atoms with Crippen molar-refractivity contribution in [2.24, 2.45) is 0 Å². The van der Waals surface area contributed by atoms with E-state index in [1.165, 1.54) is 19.1 Å². The first-order valence-electron chi connectivity index (χ1n) is 8.47. The first-order valence-corrected chi connectivity index (χ1v) is 8.47. The second-order valence-corrected chi connectivity index (χ2v) is 5.93. The molecule has 0 unspecified atom stereocenters. The van der Waals surface area contributed by atoms with Gasteiger partial charge in [-0.2, -0.15) is 0 Å². The molecule has 1 atom stereocenters. The summed E-state index contributed by atoms with van der Waals surface area (Å²) in [6, 6.07) is 7.21. The monoisotopic (exact) mass is 329 g/mol. The number of nitrogens with zero attached hydrogens (tertiary/aromatic N) is 1. The SMILES string of the molecule is O=C(NCCC[C@H]1CCCCO1)Nc1cccc(-c2ncco2)c1. The molecular weight excluding hydrogens is 306 g/mol. The molecule has 3 rings (SSSR count). The quantitative estimate of drug-likeness (QED) is 0.790. The van der Waals surface area contributed by atoms with Crippen molar-refractivity contribution in [2.45, 2.75) is 38.2 Å². The number of rotatable bonds is 6. The van der Waals surface area contributed by atoms with E-state index in [0.29, 0.717) is 24.2 Å². The van der Waals surface area contributed by atoms with Gasteiger partial charge in [0.15, 0.2) is 0 Å². The molecule has 0 aliphatic carbocycles. The molecule has 6 heteroatoms. The van der Waals surface area contributed by atoms with Crippen molar-refractivity contribution in [3.05, 3.63) is 36.7 Å². The second-order valence-electron chi connectivity index (χ2n) is 5.93. The number of oxazole rings is 1. The Kier molecular flexibility index (Phi) is 5.85. The van der Waals surface area contributed by atoms with Crippen LogP contribution in [0.4, 0.5) is 10.5 Å². The van der Waals surface area contributed by atoms with Gasteiger partial charge in [-0.05, 0) is 50.3 Å². The lowest BCUT2D eigenvalue weighted by Crippen LogP contribution is -2.30. The normalized spacial score (nSPS) is 17.4. The fourth-order valence-electron chi connectivity index (χ4n) is 2.84. The maximum absolute atomic E-state index is 12.0. The van der Waals surface area contributed by atoms with E-state index in [2.05, 4.69) is 15.6 Å². The van der Waals surface area contributed by atoms with Crippen molar-refractivity contribution in [3.63, 3.8) is 0 Å². The molecule has 2 aromatic rings. The van der Waals surface area contributed by atoms with E-state index in [1.807, 2.05) is 24.3 Å². The highest BCUT2D eigenvalue weighted by atomic mass is 16.5. The summed E-state index contributed by atoms with van der Waals surface area (Å²) in [5.41, 5.74) is 1.53. The van der Waals surface area contributed by atoms with Crippen molar-refractivity contribution < 1.29 is 13.9 Å². The molecule has 0 radical (unpaired) electrons. The van der Waals surface area contributed by atoms with Crippen molar-refractivity contribution in [2.75, 3.05) is 18.5 Å². The molecule has 2 N–H and O–H groups in total. The highest BCUT2D eigenvalue weighted by Crippen LogP contribution is 2.21. The summed E-state index contributed by atoms with van der Waals surface area (Å²) in [6.45, 7) is 1.52. The minimum Gasteiger partial charge on any atom is -0.445 e. The smallest absolute Gasteiger partial charge is 0.319 e. The molecule has 2 amide bonds. The summed E-state index contributed by atoms with van der Waals surface area (Å²) in [7, 11) is 0. The minimum absolute atomic E-state index is 0.205. The zero-order valence-corrected chi connectivity index (χ0v) is 13.7. The third kappa shape index (κ3) is 4.83. The number of benzene rings is 1. The van der Waals surface area contributed by atoms with Gasteiger partial charge in [0.25, 0.3) is 0 Å². The molecule has 6 nitrogen and oxygen atoms in total. The van der Waals surface area contributed by atoms with E-state index in [4.69, 9.17) is 9.15 Å². The van der Waals surface area contributed by atoms with Crippen LogP contribution < -0.4 is 10.6 Å². The number of anilines is 1. The number of carbonyl (C=O) groups excluding carboxylic acids is 1. The van der Waals surface area contributed by atoms with E-state index in [-0.39, 0.29) is 6.03 Å². The predicted molar refractivity (Wildman–Crippen MR) is 91.8 cm³/mol. The maximum Gasteiger partial charge on any atom is 0.319 e. The summed E-state index contributed by atoms with van der Waals surface area (Å²) in [6.07, 6.45) is 8.97. The Balaban J connectivity index is 1.41. The molecule has 1 fully saturated rings. The third-order valence-corrected chi connectivity index (χ3v) is 4.06. The molecule has 0 bridgehead atoms. The number of hydrogen-bond acceptors (Lipinski definition) is 4. The number of aromatic nitrogens is 1. The zero-order valence-electron chi connectivity index (χ0n) is 13.7. The van der Waals surface area contributed by atoms with E-state index >= 15 is 0 Å². The number of urea groups is 1. The zero-order chi connectivity index (χ0) is 16.6. The third-order valence-electron chi connectivity index (χ3n) is 4.06. The highest BCUT2D eigenvalue weighted by Gasteiger charge is 2.13. The molecule has 1 aromatic carbocycles. The Hall–Kier alpha value is -2.34. The van der Waals surface area contributed by atoms with E-state index in [1.54, 1.807) is 6.20 Å². The summed E-state index contributed by atoms with van der Waals surface area (Å²) >= 11 is 0. The average molecular weight is 329 g/mol. The fraction of sp³-hybridized carbons (Fsp3) is 0.444. The maximum atomic E-state index is 12.0. The highest BCUT2D eigenvalue weighted by molar-refractivity contribution is 5.89. The largest absolute Gasteiger partial charge is 0.445 e. The van der Waals surface area contributed by atoms with Gasteiger partial charge in [0, 0.05) is 24.4 Å². The molecule has 128 valence electrons. The number of amides is 2. The van der Waals surface area contributed by atoms with Crippen LogP contribution in [-0.4, -0.2) is 30.3 Å². The Morgan fingerprint density at radius 2 is 2.29 bits per heavy atom. The summed E-state index contributed by atoms with van der Waals surface area (Å²) < 4.78 is 11.0. The van der Waals surface area contributed by atoms with Crippen LogP contribution in [0.5, 0.6) is 0 Å². The topological polar surface area (TPSA) is 76.4 Å². The second kappa shape index (κ2) is 8.49. The molecule has 2 heterocycles. The van der Waals surface area contributed by atoms with Crippen LogP contribution in [0.2, 0.25) is 0 Å². The van der Waals surface area contributed by atoms with Crippen LogP contribution >= 0.6 is 0 Å². The molecule has 1 aromatic heterocycles. The standard InChI is InChI=1S/C18H23N3O3/c22-18(20-9-4-8-16-7-1-2-11-23-16)21-15-6-3-5-14(13-15)17-19-10-12-24-17/h3,5-6,10,12-13,16H,1-2,4,7-9,11H2,(H2,20,21,22)/t16-/m1/s1. The number of ether oxygens (including phenoxy) is 1. The van der Waals surface area contributed by atoms with Gasteiger partial charge in [-0.25, -0.2) is 9.78 Å². The Morgan fingerprint density at radius 3 is 3.08 bits per heavy atom. The minimum atomic E-state index is -0.205. The van der Waals surface area contributed by atoms with Gasteiger partial charge in [-0.1, -0.05) is 6.07 Å². The summed E-state index contributed by atoms with van der Waals surface area (Å²) in [4.78, 5) is 16.1. The molecule has 1 aliphatic heterocycles. The number of hydrogen-bond donors (Lipinski definition) is 2. The van der Waals surface area contributed by atoms with E-state index < -0.39 is 0 Å². The molecule has 1 aliphatic rings. The van der Waals surface area contributed by atoms with Crippen LogP contribution in [0.3, 0.4) is 0 Å². The van der Waals surface area contributed by atoms with Gasteiger partial charge in [-0.15, -0.1) is 0 Å². The Labute approximate surface area is 141 Å². The fourth-order valence-corrected chi connectivity index (χ4v) is 2.84. The average Bonchev–Trinajstić information content (AvgIpc) is 3.15. The van der Waals surface area contributed by atoms with Crippen molar-refractivity contribution in [3.8, 4) is 11.5 Å². The van der Waals surface area contributed by atoms with Gasteiger partial charge < -0.3 is 19.8 Å². The molecule has 0 spiro atoms. The summed E-state index contributed by atoms with van der Waals surface area (Å²) in [5, 5.41) is 5.71. The van der Waals surface area contributed by atoms with E-state index in [0.717, 1.165) is 31.4 Å². The van der Waals surface area contributed by atoms with Crippen molar-refractivity contribution in [1.29, 1.82) is 0 Å². The van der Waals surface area contributed by atoms with Crippen LogP contribution in [0.25, 0.3) is 11.5 Å². The molecule has 1 saturated heterocycles. The van der Waals surface area contributed by atoms with Gasteiger partial charge in [0.05, 0.1) is 12.3 Å². The Bertz CT molecular complexity index is 637. The van der Waals surface area contributed by atoms with Gasteiger partial charge in [-0.3, -0.25) is 0 Å².